The van der Waals surface area contributed by atoms with Crippen molar-refractivity contribution >= 4 is 11.6 Å². The molecule has 4 heteroatoms. The number of phenols is 1. The van der Waals surface area contributed by atoms with E-state index >= 15 is 0 Å². The predicted octanol–water partition coefficient (Wildman–Crippen LogP) is 3.14. The average molecular weight is 260 g/mol. The van der Waals surface area contributed by atoms with Crippen LogP contribution in [0.25, 0.3) is 0 Å². The van der Waals surface area contributed by atoms with Gasteiger partial charge in [0.1, 0.15) is 5.75 Å². The van der Waals surface area contributed by atoms with Gasteiger partial charge in [0.25, 0.3) is 5.91 Å². The van der Waals surface area contributed by atoms with Crippen molar-refractivity contribution in [3.63, 3.8) is 0 Å². The SMILES string of the molecule is Cc1cccc(C(=O)NN=C2CCCCCC2)c1O. The van der Waals surface area contributed by atoms with Crippen molar-refractivity contribution in [1.29, 1.82) is 0 Å². The molecule has 0 spiro atoms. The number of hydrogen-bond acceptors (Lipinski definition) is 3. The van der Waals surface area contributed by atoms with Crippen LogP contribution in [0.15, 0.2) is 23.3 Å². The summed E-state index contributed by atoms with van der Waals surface area (Å²) in [5.41, 5.74) is 4.57. The number of hydrazone groups is 1. The zero-order valence-electron chi connectivity index (χ0n) is 11.3. The second-order valence-electron chi connectivity index (χ2n) is 5.00. The molecule has 0 saturated heterocycles. The maximum absolute atomic E-state index is 12.0. The average Bonchev–Trinajstić information content (AvgIpc) is 2.68. The molecule has 102 valence electrons. The van der Waals surface area contributed by atoms with Crippen LogP contribution >= 0.6 is 0 Å². The summed E-state index contributed by atoms with van der Waals surface area (Å²) in [5, 5.41) is 14.0. The number of nitrogens with one attached hydrogen (secondary N) is 1. The van der Waals surface area contributed by atoms with Gasteiger partial charge in [-0.25, -0.2) is 5.43 Å². The van der Waals surface area contributed by atoms with Crippen molar-refractivity contribution in [2.45, 2.75) is 45.4 Å². The van der Waals surface area contributed by atoms with E-state index < -0.39 is 0 Å². The van der Waals surface area contributed by atoms with E-state index in [1.807, 2.05) is 0 Å². The van der Waals surface area contributed by atoms with Crippen LogP contribution in [0.4, 0.5) is 0 Å². The Labute approximate surface area is 113 Å². The smallest absolute Gasteiger partial charge is 0.275 e. The van der Waals surface area contributed by atoms with E-state index in [1.165, 1.54) is 12.8 Å². The number of hydrogen-bond donors (Lipinski definition) is 2. The molecule has 2 rings (SSSR count). The van der Waals surface area contributed by atoms with Crippen molar-refractivity contribution in [1.82, 2.24) is 5.43 Å². The van der Waals surface area contributed by atoms with E-state index in [-0.39, 0.29) is 17.2 Å². The topological polar surface area (TPSA) is 61.7 Å². The van der Waals surface area contributed by atoms with Crippen LogP contribution in [0.5, 0.6) is 5.75 Å². The highest BCUT2D eigenvalue weighted by atomic mass is 16.3. The first-order chi connectivity index (χ1) is 9.18. The summed E-state index contributed by atoms with van der Waals surface area (Å²) >= 11 is 0. The van der Waals surface area contributed by atoms with Crippen molar-refractivity contribution in [3.8, 4) is 5.75 Å². The summed E-state index contributed by atoms with van der Waals surface area (Å²) < 4.78 is 0. The zero-order valence-corrected chi connectivity index (χ0v) is 11.3. The quantitative estimate of drug-likeness (QED) is 0.634. The maximum atomic E-state index is 12.0. The van der Waals surface area contributed by atoms with Gasteiger partial charge in [-0.05, 0) is 44.2 Å². The number of nitrogens with zero attached hydrogens (tertiary/aromatic N) is 1. The Bertz CT molecular complexity index is 485. The second-order valence-corrected chi connectivity index (χ2v) is 5.00. The minimum Gasteiger partial charge on any atom is -0.507 e. The molecule has 0 aromatic heterocycles. The molecule has 1 saturated carbocycles. The van der Waals surface area contributed by atoms with Gasteiger partial charge in [0.05, 0.1) is 5.56 Å². The molecule has 0 heterocycles. The molecule has 1 aliphatic rings. The molecule has 1 aromatic carbocycles. The van der Waals surface area contributed by atoms with Gasteiger partial charge in [0.2, 0.25) is 0 Å². The first-order valence-electron chi connectivity index (χ1n) is 6.83. The van der Waals surface area contributed by atoms with Gasteiger partial charge in [-0.15, -0.1) is 0 Å². The molecule has 1 aromatic rings. The molecule has 1 amide bonds. The maximum Gasteiger partial charge on any atom is 0.275 e. The fourth-order valence-electron chi connectivity index (χ4n) is 2.28. The van der Waals surface area contributed by atoms with Crippen molar-refractivity contribution < 1.29 is 9.90 Å². The normalized spacial score (nSPS) is 15.7. The first kappa shape index (κ1) is 13.6. The minimum atomic E-state index is -0.349. The Morgan fingerprint density at radius 1 is 1.21 bits per heavy atom. The molecule has 4 nitrogen and oxygen atoms in total. The third-order valence-corrected chi connectivity index (χ3v) is 3.48. The summed E-state index contributed by atoms with van der Waals surface area (Å²) in [5.74, 6) is -0.320. The molecule has 19 heavy (non-hydrogen) atoms. The van der Waals surface area contributed by atoms with E-state index in [0.717, 1.165) is 31.4 Å². The van der Waals surface area contributed by atoms with Crippen molar-refractivity contribution in [2.75, 3.05) is 0 Å². The molecular formula is C15H20N2O2. The van der Waals surface area contributed by atoms with E-state index in [4.69, 9.17) is 0 Å². The number of rotatable bonds is 2. The Hall–Kier alpha value is -1.84. The minimum absolute atomic E-state index is 0.0288. The highest BCUT2D eigenvalue weighted by molar-refractivity contribution is 5.98. The lowest BCUT2D eigenvalue weighted by atomic mass is 10.1. The monoisotopic (exact) mass is 260 g/mol. The highest BCUT2D eigenvalue weighted by Gasteiger charge is 2.12. The number of aromatic hydroxyl groups is 1. The third kappa shape index (κ3) is 3.56. The number of para-hydroxylation sites is 1. The van der Waals surface area contributed by atoms with Gasteiger partial charge in [-0.3, -0.25) is 4.79 Å². The summed E-state index contributed by atoms with van der Waals surface area (Å²) in [6.45, 7) is 1.77. The summed E-state index contributed by atoms with van der Waals surface area (Å²) in [7, 11) is 0. The Kier molecular flexibility index (Phi) is 4.55. The molecular weight excluding hydrogens is 240 g/mol. The molecule has 0 aliphatic heterocycles. The highest BCUT2D eigenvalue weighted by Crippen LogP contribution is 2.21. The zero-order chi connectivity index (χ0) is 13.7. The fraction of sp³-hybridized carbons (Fsp3) is 0.467. The summed E-state index contributed by atoms with van der Waals surface area (Å²) in [6.07, 6.45) is 6.69. The number of carbonyl (C=O) groups is 1. The number of aryl methyl sites for hydroxylation is 1. The lowest BCUT2D eigenvalue weighted by Crippen LogP contribution is -2.20. The molecule has 0 atom stereocenters. The van der Waals surface area contributed by atoms with E-state index in [0.29, 0.717) is 5.56 Å². The molecule has 0 bridgehead atoms. The van der Waals surface area contributed by atoms with Gasteiger partial charge in [-0.2, -0.15) is 5.10 Å². The largest absolute Gasteiger partial charge is 0.507 e. The van der Waals surface area contributed by atoms with Crippen LogP contribution in [-0.4, -0.2) is 16.7 Å². The van der Waals surface area contributed by atoms with Crippen LogP contribution in [0.2, 0.25) is 0 Å². The molecule has 2 N–H and O–H groups in total. The van der Waals surface area contributed by atoms with E-state index in [9.17, 15) is 9.90 Å². The summed E-state index contributed by atoms with van der Waals surface area (Å²) in [4.78, 5) is 12.0. The molecule has 0 radical (unpaired) electrons. The van der Waals surface area contributed by atoms with Gasteiger partial charge in [0, 0.05) is 5.71 Å². The second kappa shape index (κ2) is 6.36. The van der Waals surface area contributed by atoms with Crippen LogP contribution in [0.1, 0.15) is 54.4 Å². The van der Waals surface area contributed by atoms with Crippen LogP contribution < -0.4 is 5.43 Å². The third-order valence-electron chi connectivity index (χ3n) is 3.48. The number of amides is 1. The molecule has 0 unspecified atom stereocenters. The fourth-order valence-corrected chi connectivity index (χ4v) is 2.28. The van der Waals surface area contributed by atoms with E-state index in [1.54, 1.807) is 25.1 Å². The number of carbonyl (C=O) groups excluding carboxylic acids is 1. The van der Waals surface area contributed by atoms with Crippen LogP contribution in [0.3, 0.4) is 0 Å². The van der Waals surface area contributed by atoms with E-state index in [2.05, 4.69) is 10.5 Å². The molecule has 1 aliphatic carbocycles. The predicted molar refractivity (Wildman–Crippen MR) is 75.4 cm³/mol. The molecule has 1 fully saturated rings. The standard InChI is InChI=1S/C15H20N2O2/c1-11-7-6-10-13(14(11)18)15(19)17-16-12-8-4-2-3-5-9-12/h6-7,10,18H,2-5,8-9H2,1H3,(H,17,19). The van der Waals surface area contributed by atoms with Crippen molar-refractivity contribution in [3.05, 3.63) is 29.3 Å². The Morgan fingerprint density at radius 2 is 1.89 bits per heavy atom. The van der Waals surface area contributed by atoms with Crippen LogP contribution in [-0.2, 0) is 0 Å². The lowest BCUT2D eigenvalue weighted by molar-refractivity contribution is 0.0952. The Balaban J connectivity index is 2.04. The van der Waals surface area contributed by atoms with Gasteiger partial charge in [0.15, 0.2) is 0 Å². The van der Waals surface area contributed by atoms with Gasteiger partial charge < -0.3 is 5.11 Å². The number of phenolic OH excluding ortho intramolecular Hbond substituents is 1. The Morgan fingerprint density at radius 3 is 2.58 bits per heavy atom. The first-order valence-corrected chi connectivity index (χ1v) is 6.83. The van der Waals surface area contributed by atoms with Gasteiger partial charge >= 0.3 is 0 Å². The van der Waals surface area contributed by atoms with Crippen molar-refractivity contribution in [2.24, 2.45) is 5.10 Å². The van der Waals surface area contributed by atoms with Gasteiger partial charge in [-0.1, -0.05) is 25.0 Å². The van der Waals surface area contributed by atoms with Crippen LogP contribution in [0, 0.1) is 6.92 Å². The number of benzene rings is 1. The summed E-state index contributed by atoms with van der Waals surface area (Å²) in [6, 6.07) is 5.12. The lowest BCUT2D eigenvalue weighted by Gasteiger charge is -2.06.